The van der Waals surface area contributed by atoms with E-state index < -0.39 is 23.9 Å². The summed E-state index contributed by atoms with van der Waals surface area (Å²) in [6, 6.07) is 10.5. The first-order valence-corrected chi connectivity index (χ1v) is 11.3. The lowest BCUT2D eigenvalue weighted by atomic mass is 9.85. The van der Waals surface area contributed by atoms with Crippen molar-refractivity contribution >= 4 is 40.8 Å². The molecule has 0 saturated heterocycles. The summed E-state index contributed by atoms with van der Waals surface area (Å²) in [4.78, 5) is 25.2. The standard InChI is InChI=1S/C24H26Cl2F3NO3/c1-4-16(23(32)33-5-2)12-15-6-11-19(26)20(13-15)30-22(31)21(14(3)24(27,28)29)17-7-9-18(25)10-8-17/h6-11,13-14,16,21H,4-5,12H2,1-3H3,(H,30,31)/t14-,16-,21+/m1/s1. The number of amides is 1. The van der Waals surface area contributed by atoms with E-state index in [1.54, 1.807) is 19.1 Å². The van der Waals surface area contributed by atoms with Gasteiger partial charge in [0.25, 0.3) is 0 Å². The van der Waals surface area contributed by atoms with Crippen molar-refractivity contribution in [3.63, 3.8) is 0 Å². The second-order valence-corrected chi connectivity index (χ2v) is 8.57. The van der Waals surface area contributed by atoms with Gasteiger partial charge in [0, 0.05) is 5.02 Å². The van der Waals surface area contributed by atoms with Crippen LogP contribution in [0, 0.1) is 11.8 Å². The van der Waals surface area contributed by atoms with E-state index in [1.807, 2.05) is 6.92 Å². The molecular formula is C24H26Cl2F3NO3. The van der Waals surface area contributed by atoms with E-state index >= 15 is 0 Å². The Bertz CT molecular complexity index is 964. The summed E-state index contributed by atoms with van der Waals surface area (Å²) >= 11 is 12.1. The molecule has 180 valence electrons. The molecular weight excluding hydrogens is 478 g/mol. The fourth-order valence-electron chi connectivity index (χ4n) is 3.47. The van der Waals surface area contributed by atoms with Crippen molar-refractivity contribution in [3.05, 3.63) is 63.6 Å². The van der Waals surface area contributed by atoms with Gasteiger partial charge < -0.3 is 10.1 Å². The summed E-state index contributed by atoms with van der Waals surface area (Å²) in [5.74, 6) is -5.03. The number of anilines is 1. The van der Waals surface area contributed by atoms with E-state index in [-0.39, 0.29) is 34.8 Å². The number of carbonyl (C=O) groups excluding carboxylic acids is 2. The van der Waals surface area contributed by atoms with Crippen LogP contribution in [0.4, 0.5) is 18.9 Å². The minimum atomic E-state index is -4.60. The molecule has 0 fully saturated rings. The van der Waals surface area contributed by atoms with Crippen molar-refractivity contribution in [2.45, 2.75) is 45.7 Å². The van der Waals surface area contributed by atoms with Crippen LogP contribution < -0.4 is 5.32 Å². The highest BCUT2D eigenvalue weighted by Crippen LogP contribution is 2.39. The third kappa shape index (κ3) is 7.37. The molecule has 9 heteroatoms. The Hall–Kier alpha value is -2.25. The van der Waals surface area contributed by atoms with E-state index in [0.717, 1.165) is 6.92 Å². The Morgan fingerprint density at radius 3 is 2.24 bits per heavy atom. The van der Waals surface area contributed by atoms with Crippen molar-refractivity contribution in [2.75, 3.05) is 11.9 Å². The summed E-state index contributed by atoms with van der Waals surface area (Å²) < 4.78 is 45.7. The molecule has 33 heavy (non-hydrogen) atoms. The first-order valence-electron chi connectivity index (χ1n) is 10.6. The van der Waals surface area contributed by atoms with Crippen molar-refractivity contribution in [1.29, 1.82) is 0 Å². The fraction of sp³-hybridized carbons (Fsp3) is 0.417. The molecule has 0 spiro atoms. The quantitative estimate of drug-likeness (QED) is 0.373. The highest BCUT2D eigenvalue weighted by molar-refractivity contribution is 6.33. The smallest absolute Gasteiger partial charge is 0.392 e. The molecule has 0 radical (unpaired) electrons. The number of rotatable bonds is 9. The molecule has 0 aliphatic heterocycles. The number of carbonyl (C=O) groups is 2. The number of benzene rings is 2. The topological polar surface area (TPSA) is 55.4 Å². The maximum absolute atomic E-state index is 13.6. The Kier molecular flexibility index (Phi) is 9.61. The van der Waals surface area contributed by atoms with E-state index in [0.29, 0.717) is 23.4 Å². The molecule has 0 heterocycles. The fourth-order valence-corrected chi connectivity index (χ4v) is 3.76. The molecule has 0 unspecified atom stereocenters. The summed E-state index contributed by atoms with van der Waals surface area (Å²) in [5.41, 5.74) is 1.05. The second kappa shape index (κ2) is 11.7. The molecule has 2 rings (SSSR count). The van der Waals surface area contributed by atoms with Gasteiger partial charge in [-0.25, -0.2) is 0 Å². The number of hydrogen-bond acceptors (Lipinski definition) is 3. The third-order valence-corrected chi connectivity index (χ3v) is 5.99. The van der Waals surface area contributed by atoms with Crippen molar-refractivity contribution in [3.8, 4) is 0 Å². The highest BCUT2D eigenvalue weighted by atomic mass is 35.5. The molecule has 3 atom stereocenters. The van der Waals surface area contributed by atoms with Gasteiger partial charge in [-0.15, -0.1) is 0 Å². The van der Waals surface area contributed by atoms with Crippen molar-refractivity contribution in [2.24, 2.45) is 11.8 Å². The van der Waals surface area contributed by atoms with Crippen LogP contribution in [0.2, 0.25) is 10.0 Å². The summed E-state index contributed by atoms with van der Waals surface area (Å²) in [5, 5.41) is 3.06. The predicted octanol–water partition coefficient (Wildman–Crippen LogP) is 7.05. The summed E-state index contributed by atoms with van der Waals surface area (Å²) in [6.07, 6.45) is -3.71. The summed E-state index contributed by atoms with van der Waals surface area (Å²) in [7, 11) is 0. The van der Waals surface area contributed by atoms with Gasteiger partial charge in [0.15, 0.2) is 0 Å². The minimum absolute atomic E-state index is 0.172. The molecule has 2 aromatic rings. The molecule has 2 aromatic carbocycles. The van der Waals surface area contributed by atoms with Gasteiger partial charge in [0.2, 0.25) is 5.91 Å². The van der Waals surface area contributed by atoms with Gasteiger partial charge in [-0.3, -0.25) is 9.59 Å². The normalized spacial score (nSPS) is 14.3. The number of nitrogens with one attached hydrogen (secondary N) is 1. The lowest BCUT2D eigenvalue weighted by molar-refractivity contribution is -0.178. The predicted molar refractivity (Wildman–Crippen MR) is 124 cm³/mol. The third-order valence-electron chi connectivity index (χ3n) is 5.41. The van der Waals surface area contributed by atoms with Crippen molar-refractivity contribution in [1.82, 2.24) is 0 Å². The van der Waals surface area contributed by atoms with E-state index in [1.165, 1.54) is 30.3 Å². The number of esters is 1. The Morgan fingerprint density at radius 1 is 1.06 bits per heavy atom. The van der Waals surface area contributed by atoms with Crippen LogP contribution in [0.1, 0.15) is 44.2 Å². The molecule has 0 aliphatic carbocycles. The van der Waals surface area contributed by atoms with Gasteiger partial charge in [0.1, 0.15) is 0 Å². The van der Waals surface area contributed by atoms with Crippen LogP contribution in [-0.2, 0) is 20.7 Å². The first-order chi connectivity index (χ1) is 15.5. The van der Waals surface area contributed by atoms with Gasteiger partial charge in [0.05, 0.1) is 35.1 Å². The molecule has 0 aliphatic rings. The van der Waals surface area contributed by atoms with Crippen LogP contribution in [0.25, 0.3) is 0 Å². The average Bonchev–Trinajstić information content (AvgIpc) is 2.75. The maximum atomic E-state index is 13.6. The van der Waals surface area contributed by atoms with Crippen LogP contribution in [0.15, 0.2) is 42.5 Å². The Labute approximate surface area is 201 Å². The minimum Gasteiger partial charge on any atom is -0.466 e. The largest absolute Gasteiger partial charge is 0.466 e. The maximum Gasteiger partial charge on any atom is 0.392 e. The second-order valence-electron chi connectivity index (χ2n) is 7.72. The zero-order valence-electron chi connectivity index (χ0n) is 18.5. The van der Waals surface area contributed by atoms with Gasteiger partial charge in [-0.05, 0) is 55.2 Å². The monoisotopic (exact) mass is 503 g/mol. The number of halogens is 5. The van der Waals surface area contributed by atoms with E-state index in [2.05, 4.69) is 5.32 Å². The number of ether oxygens (including phenoxy) is 1. The Morgan fingerprint density at radius 2 is 1.70 bits per heavy atom. The number of hydrogen-bond donors (Lipinski definition) is 1. The van der Waals surface area contributed by atoms with Gasteiger partial charge >= 0.3 is 12.1 Å². The SMILES string of the molecule is CCOC(=O)[C@H](CC)Cc1ccc(Cl)c(NC(=O)[C@H](c2ccc(Cl)cc2)[C@@H](C)C(F)(F)F)c1. The zero-order valence-corrected chi connectivity index (χ0v) is 20.0. The van der Waals surface area contributed by atoms with Crippen molar-refractivity contribution < 1.29 is 27.5 Å². The molecule has 1 amide bonds. The molecule has 4 nitrogen and oxygen atoms in total. The van der Waals surface area contributed by atoms with E-state index in [9.17, 15) is 22.8 Å². The van der Waals surface area contributed by atoms with Crippen LogP contribution in [0.3, 0.4) is 0 Å². The zero-order chi connectivity index (χ0) is 24.8. The lowest BCUT2D eigenvalue weighted by Crippen LogP contribution is -2.34. The van der Waals surface area contributed by atoms with Gasteiger partial charge in [-0.2, -0.15) is 13.2 Å². The number of alkyl halides is 3. The first kappa shape index (κ1) is 27.0. The molecule has 1 N–H and O–H groups in total. The van der Waals surface area contributed by atoms with Crippen LogP contribution in [0.5, 0.6) is 0 Å². The highest BCUT2D eigenvalue weighted by Gasteiger charge is 2.45. The van der Waals surface area contributed by atoms with Crippen LogP contribution >= 0.6 is 23.2 Å². The Balaban J connectivity index is 2.32. The lowest BCUT2D eigenvalue weighted by Gasteiger charge is -2.26. The van der Waals surface area contributed by atoms with Crippen LogP contribution in [-0.4, -0.2) is 24.7 Å². The molecule has 0 bridgehead atoms. The molecule has 0 saturated carbocycles. The summed E-state index contributed by atoms with van der Waals surface area (Å²) in [6.45, 7) is 4.80. The molecule has 0 aromatic heterocycles. The van der Waals surface area contributed by atoms with E-state index in [4.69, 9.17) is 27.9 Å². The van der Waals surface area contributed by atoms with Gasteiger partial charge in [-0.1, -0.05) is 55.2 Å². The average molecular weight is 504 g/mol.